The van der Waals surface area contributed by atoms with Crippen LogP contribution >= 0.6 is 11.6 Å². The molecular weight excluding hydrogens is 381 g/mol. The minimum absolute atomic E-state index is 0.323. The van der Waals surface area contributed by atoms with Gasteiger partial charge in [0.05, 0.1) is 5.52 Å². The molecule has 1 heterocycles. The first kappa shape index (κ1) is 20.1. The maximum Gasteiger partial charge on any atom is 0.407 e. The van der Waals surface area contributed by atoms with E-state index in [0.29, 0.717) is 35.7 Å². The van der Waals surface area contributed by atoms with E-state index in [1.807, 2.05) is 27.0 Å². The van der Waals surface area contributed by atoms with E-state index in [4.69, 9.17) is 16.3 Å². The Bertz CT molecular complexity index is 995. The van der Waals surface area contributed by atoms with Crippen LogP contribution in [0, 0.1) is 5.82 Å². The predicted molar refractivity (Wildman–Crippen MR) is 109 cm³/mol. The molecule has 0 radical (unpaired) electrons. The summed E-state index contributed by atoms with van der Waals surface area (Å²) in [7, 11) is 0. The van der Waals surface area contributed by atoms with E-state index >= 15 is 0 Å². The van der Waals surface area contributed by atoms with Gasteiger partial charge in [0.1, 0.15) is 11.4 Å². The Morgan fingerprint density at radius 2 is 2.00 bits per heavy atom. The minimum Gasteiger partial charge on any atom is -0.444 e. The van der Waals surface area contributed by atoms with Crippen molar-refractivity contribution in [3.8, 4) is 11.1 Å². The topological polar surface area (TPSA) is 56.1 Å². The van der Waals surface area contributed by atoms with Gasteiger partial charge in [0.2, 0.25) is 0 Å². The number of ether oxygens (including phenoxy) is 1. The molecule has 0 saturated heterocycles. The summed E-state index contributed by atoms with van der Waals surface area (Å²) in [5.41, 5.74) is 1.29. The number of hydrogen-bond acceptors (Lipinski definition) is 3. The second-order valence-corrected chi connectivity index (χ2v) is 7.95. The van der Waals surface area contributed by atoms with Gasteiger partial charge in [0, 0.05) is 40.8 Å². The molecule has 1 aromatic heterocycles. The Morgan fingerprint density at radius 3 is 2.71 bits per heavy atom. The zero-order valence-corrected chi connectivity index (χ0v) is 16.9. The number of fused-ring (bicyclic) bond motifs is 1. The smallest absolute Gasteiger partial charge is 0.407 e. The van der Waals surface area contributed by atoms with Crippen molar-refractivity contribution in [2.24, 2.45) is 0 Å². The van der Waals surface area contributed by atoms with E-state index in [2.05, 4.69) is 10.4 Å². The van der Waals surface area contributed by atoms with Crippen molar-refractivity contribution >= 4 is 28.6 Å². The first-order chi connectivity index (χ1) is 13.2. The first-order valence-electron chi connectivity index (χ1n) is 9.11. The van der Waals surface area contributed by atoms with Gasteiger partial charge in [-0.2, -0.15) is 5.10 Å². The molecule has 0 bridgehead atoms. The highest BCUT2D eigenvalue weighted by atomic mass is 35.5. The van der Waals surface area contributed by atoms with Gasteiger partial charge in [-0.3, -0.25) is 4.68 Å². The molecular formula is C21H23ClFN3O2. The van der Waals surface area contributed by atoms with Crippen LogP contribution in [-0.2, 0) is 11.3 Å². The van der Waals surface area contributed by atoms with Gasteiger partial charge in [-0.15, -0.1) is 0 Å². The molecule has 3 rings (SSSR count). The van der Waals surface area contributed by atoms with Crippen LogP contribution in [0.25, 0.3) is 22.0 Å². The zero-order valence-electron chi connectivity index (χ0n) is 16.1. The van der Waals surface area contributed by atoms with E-state index < -0.39 is 11.7 Å². The summed E-state index contributed by atoms with van der Waals surface area (Å²) in [6.45, 7) is 6.57. The lowest BCUT2D eigenvalue weighted by molar-refractivity contribution is 0.0526. The maximum atomic E-state index is 14.1. The second kappa shape index (κ2) is 8.19. The number of rotatable bonds is 5. The summed E-state index contributed by atoms with van der Waals surface area (Å²) in [5.74, 6) is -0.323. The maximum absolute atomic E-state index is 14.1. The summed E-state index contributed by atoms with van der Waals surface area (Å²) in [6, 6.07) is 10.1. The molecule has 148 valence electrons. The molecule has 5 nitrogen and oxygen atoms in total. The van der Waals surface area contributed by atoms with E-state index in [1.54, 1.807) is 35.0 Å². The lowest BCUT2D eigenvalue weighted by Gasteiger charge is -2.19. The number of alkyl carbamates (subject to hydrolysis) is 1. The molecule has 0 aliphatic rings. The fourth-order valence-electron chi connectivity index (χ4n) is 2.84. The fraction of sp³-hybridized carbons (Fsp3) is 0.333. The van der Waals surface area contributed by atoms with E-state index in [9.17, 15) is 9.18 Å². The fourth-order valence-corrected chi connectivity index (χ4v) is 3.12. The zero-order chi connectivity index (χ0) is 20.3. The Labute approximate surface area is 168 Å². The van der Waals surface area contributed by atoms with Crippen molar-refractivity contribution < 1.29 is 13.9 Å². The highest BCUT2D eigenvalue weighted by molar-refractivity contribution is 6.34. The van der Waals surface area contributed by atoms with Crippen LogP contribution in [0.3, 0.4) is 0 Å². The standard InChI is InChI=1S/C21H23ClFN3O2/c1-21(2,3)28-20(27)24-9-6-10-26-13-14-11-17(22)16(12-19(14)25-26)15-7-4-5-8-18(15)23/h4-5,7-8,11-13H,6,9-10H2,1-3H3,(H,24,27). The highest BCUT2D eigenvalue weighted by Crippen LogP contribution is 2.33. The number of nitrogens with zero attached hydrogens (tertiary/aromatic N) is 2. The molecule has 0 atom stereocenters. The summed E-state index contributed by atoms with van der Waals surface area (Å²) >= 11 is 6.37. The Kier molecular flexibility index (Phi) is 5.89. The van der Waals surface area contributed by atoms with E-state index in [0.717, 1.165) is 10.9 Å². The van der Waals surface area contributed by atoms with Crippen molar-refractivity contribution in [1.29, 1.82) is 0 Å². The molecule has 1 amide bonds. The molecule has 1 N–H and O–H groups in total. The van der Waals surface area contributed by atoms with Gasteiger partial charge in [-0.1, -0.05) is 29.8 Å². The highest BCUT2D eigenvalue weighted by Gasteiger charge is 2.15. The average molecular weight is 404 g/mol. The molecule has 7 heteroatoms. The lowest BCUT2D eigenvalue weighted by Crippen LogP contribution is -2.33. The number of carbonyl (C=O) groups excluding carboxylic acids is 1. The lowest BCUT2D eigenvalue weighted by atomic mass is 10.0. The summed E-state index contributed by atoms with van der Waals surface area (Å²) in [4.78, 5) is 11.6. The van der Waals surface area contributed by atoms with Crippen LogP contribution in [0.15, 0.2) is 42.6 Å². The number of carbonyl (C=O) groups is 1. The number of aromatic nitrogens is 2. The number of amides is 1. The van der Waals surface area contributed by atoms with Crippen molar-refractivity contribution in [2.75, 3.05) is 6.54 Å². The quantitative estimate of drug-likeness (QED) is 0.579. The van der Waals surface area contributed by atoms with Crippen LogP contribution in [0.4, 0.5) is 9.18 Å². The van der Waals surface area contributed by atoms with Crippen LogP contribution in [0.5, 0.6) is 0 Å². The van der Waals surface area contributed by atoms with Crippen LogP contribution in [0.1, 0.15) is 27.2 Å². The molecule has 0 aliphatic carbocycles. The SMILES string of the molecule is CC(C)(C)OC(=O)NCCCn1cc2cc(Cl)c(-c3ccccc3F)cc2n1. The van der Waals surface area contributed by atoms with Gasteiger partial charge in [0.25, 0.3) is 0 Å². The van der Waals surface area contributed by atoms with Crippen LogP contribution in [0.2, 0.25) is 5.02 Å². The Hall–Kier alpha value is -2.60. The van der Waals surface area contributed by atoms with Gasteiger partial charge in [-0.05, 0) is 45.4 Å². The monoisotopic (exact) mass is 403 g/mol. The molecule has 3 aromatic rings. The number of hydrogen-bond donors (Lipinski definition) is 1. The number of benzene rings is 2. The van der Waals surface area contributed by atoms with Gasteiger partial charge < -0.3 is 10.1 Å². The van der Waals surface area contributed by atoms with Crippen LogP contribution in [-0.4, -0.2) is 28.0 Å². The third-order valence-electron chi connectivity index (χ3n) is 4.04. The largest absolute Gasteiger partial charge is 0.444 e. The number of halogens is 2. The number of aryl methyl sites for hydroxylation is 1. The third-order valence-corrected chi connectivity index (χ3v) is 4.35. The van der Waals surface area contributed by atoms with Gasteiger partial charge in [0.15, 0.2) is 0 Å². The molecule has 0 saturated carbocycles. The molecule has 0 spiro atoms. The second-order valence-electron chi connectivity index (χ2n) is 7.55. The van der Waals surface area contributed by atoms with Crippen molar-refractivity contribution in [3.63, 3.8) is 0 Å². The Morgan fingerprint density at radius 1 is 1.25 bits per heavy atom. The minimum atomic E-state index is -0.515. The summed E-state index contributed by atoms with van der Waals surface area (Å²) < 4.78 is 21.1. The molecule has 2 aromatic carbocycles. The number of nitrogens with one attached hydrogen (secondary N) is 1. The van der Waals surface area contributed by atoms with E-state index in [1.165, 1.54) is 6.07 Å². The van der Waals surface area contributed by atoms with Gasteiger partial charge in [-0.25, -0.2) is 9.18 Å². The van der Waals surface area contributed by atoms with Crippen molar-refractivity contribution in [3.05, 3.63) is 53.4 Å². The predicted octanol–water partition coefficient (Wildman–Crippen LogP) is 5.41. The molecule has 0 aliphatic heterocycles. The van der Waals surface area contributed by atoms with E-state index in [-0.39, 0.29) is 5.82 Å². The summed E-state index contributed by atoms with van der Waals surface area (Å²) in [6.07, 6.45) is 2.15. The molecule has 0 fully saturated rings. The normalized spacial score (nSPS) is 11.6. The van der Waals surface area contributed by atoms with Crippen molar-refractivity contribution in [2.45, 2.75) is 39.3 Å². The van der Waals surface area contributed by atoms with Crippen molar-refractivity contribution in [1.82, 2.24) is 15.1 Å². The first-order valence-corrected chi connectivity index (χ1v) is 9.49. The molecule has 28 heavy (non-hydrogen) atoms. The molecule has 0 unspecified atom stereocenters. The summed E-state index contributed by atoms with van der Waals surface area (Å²) in [5, 5.41) is 8.62. The third kappa shape index (κ3) is 5.01. The van der Waals surface area contributed by atoms with Crippen LogP contribution < -0.4 is 5.32 Å². The average Bonchev–Trinajstić information content (AvgIpc) is 2.98. The Balaban J connectivity index is 1.66. The van der Waals surface area contributed by atoms with Gasteiger partial charge >= 0.3 is 6.09 Å².